The zero-order chi connectivity index (χ0) is 16.7. The van der Waals surface area contributed by atoms with Crippen LogP contribution in [0.1, 0.15) is 36.6 Å². The van der Waals surface area contributed by atoms with Crippen molar-refractivity contribution in [1.29, 1.82) is 0 Å². The minimum Gasteiger partial charge on any atom is -0.464 e. The van der Waals surface area contributed by atoms with Gasteiger partial charge in [0.1, 0.15) is 17.3 Å². The molecule has 1 fully saturated rings. The van der Waals surface area contributed by atoms with Gasteiger partial charge in [0.25, 0.3) is 5.56 Å². The Morgan fingerprint density at radius 2 is 2.04 bits per heavy atom. The maximum atomic E-state index is 12.1. The van der Waals surface area contributed by atoms with Crippen molar-refractivity contribution < 1.29 is 4.42 Å². The fourth-order valence-electron chi connectivity index (χ4n) is 3.18. The van der Waals surface area contributed by atoms with E-state index in [1.807, 2.05) is 31.3 Å². The summed E-state index contributed by atoms with van der Waals surface area (Å²) >= 11 is 0. The van der Waals surface area contributed by atoms with Gasteiger partial charge in [0.05, 0.1) is 24.0 Å². The molecule has 1 saturated carbocycles. The molecule has 0 amide bonds. The second-order valence-corrected chi connectivity index (χ2v) is 6.83. The van der Waals surface area contributed by atoms with Gasteiger partial charge in [-0.2, -0.15) is 0 Å². The number of aromatic nitrogens is 2. The molecule has 1 N–H and O–H groups in total. The summed E-state index contributed by atoms with van der Waals surface area (Å²) in [6.07, 6.45) is 1.23. The molecular formula is C19H21N3O2. The van der Waals surface area contributed by atoms with Gasteiger partial charge >= 0.3 is 0 Å². The summed E-state index contributed by atoms with van der Waals surface area (Å²) in [5.41, 5.74) is 0.639. The second-order valence-electron chi connectivity index (χ2n) is 6.83. The van der Waals surface area contributed by atoms with Crippen LogP contribution in [0.2, 0.25) is 0 Å². The lowest BCUT2D eigenvalue weighted by Crippen LogP contribution is -2.21. The van der Waals surface area contributed by atoms with Gasteiger partial charge in [-0.3, -0.25) is 9.69 Å². The topological polar surface area (TPSA) is 62.1 Å². The average Bonchev–Trinajstić information content (AvgIpc) is 3.10. The maximum absolute atomic E-state index is 12.1. The third kappa shape index (κ3) is 2.99. The molecule has 0 saturated heterocycles. The molecule has 124 valence electrons. The molecule has 2 atom stereocenters. The van der Waals surface area contributed by atoms with Crippen LogP contribution < -0.4 is 5.56 Å². The molecule has 0 spiro atoms. The number of hydrogen-bond donors (Lipinski definition) is 1. The van der Waals surface area contributed by atoms with E-state index in [1.165, 1.54) is 6.42 Å². The van der Waals surface area contributed by atoms with E-state index in [0.29, 0.717) is 30.2 Å². The van der Waals surface area contributed by atoms with Gasteiger partial charge in [-0.25, -0.2) is 4.98 Å². The first-order chi connectivity index (χ1) is 11.6. The summed E-state index contributed by atoms with van der Waals surface area (Å²) in [7, 11) is 2.00. The highest BCUT2D eigenvalue weighted by molar-refractivity contribution is 5.77. The number of aromatic amines is 1. The molecule has 5 nitrogen and oxygen atoms in total. The predicted molar refractivity (Wildman–Crippen MR) is 92.8 cm³/mol. The van der Waals surface area contributed by atoms with Gasteiger partial charge in [0.2, 0.25) is 0 Å². The van der Waals surface area contributed by atoms with Crippen LogP contribution in [0.3, 0.4) is 0 Å². The molecule has 4 rings (SSSR count). The Kier molecular flexibility index (Phi) is 3.73. The van der Waals surface area contributed by atoms with Crippen molar-refractivity contribution in [3.63, 3.8) is 0 Å². The number of benzene rings is 1. The molecular weight excluding hydrogens is 302 g/mol. The highest BCUT2D eigenvalue weighted by Gasteiger charge is 2.36. The number of nitrogens with zero attached hydrogens (tertiary/aromatic N) is 2. The Morgan fingerprint density at radius 3 is 2.83 bits per heavy atom. The van der Waals surface area contributed by atoms with E-state index >= 15 is 0 Å². The number of furan rings is 1. The van der Waals surface area contributed by atoms with Crippen LogP contribution in [0.5, 0.6) is 0 Å². The smallest absolute Gasteiger partial charge is 0.258 e. The molecule has 2 heterocycles. The molecule has 5 heteroatoms. The first kappa shape index (κ1) is 15.1. The predicted octanol–water partition coefficient (Wildman–Crippen LogP) is 3.27. The van der Waals surface area contributed by atoms with E-state index < -0.39 is 0 Å². The van der Waals surface area contributed by atoms with Crippen LogP contribution in [0.4, 0.5) is 0 Å². The SMILES string of the molecule is C[C@@H]1C[C@@H]1c1ccc(CN(C)Cc2nc3ccccc3c(=O)[nH]2)o1. The minimum absolute atomic E-state index is 0.0907. The largest absolute Gasteiger partial charge is 0.464 e. The average molecular weight is 323 g/mol. The van der Waals surface area contributed by atoms with E-state index in [2.05, 4.69) is 27.9 Å². The van der Waals surface area contributed by atoms with Gasteiger partial charge in [0.15, 0.2) is 0 Å². The van der Waals surface area contributed by atoms with E-state index in [0.717, 1.165) is 23.0 Å². The Hall–Kier alpha value is -2.40. The molecule has 24 heavy (non-hydrogen) atoms. The lowest BCUT2D eigenvalue weighted by molar-refractivity contribution is 0.277. The lowest BCUT2D eigenvalue weighted by Gasteiger charge is -2.14. The molecule has 1 aromatic carbocycles. The third-order valence-corrected chi connectivity index (χ3v) is 4.66. The summed E-state index contributed by atoms with van der Waals surface area (Å²) < 4.78 is 5.95. The Balaban J connectivity index is 1.47. The van der Waals surface area contributed by atoms with Crippen LogP contribution in [-0.2, 0) is 13.1 Å². The number of fused-ring (bicyclic) bond motifs is 1. The number of hydrogen-bond acceptors (Lipinski definition) is 4. The molecule has 0 aliphatic heterocycles. The van der Waals surface area contributed by atoms with Gasteiger partial charge in [-0.1, -0.05) is 19.1 Å². The van der Waals surface area contributed by atoms with E-state index in [9.17, 15) is 4.79 Å². The van der Waals surface area contributed by atoms with Gasteiger partial charge in [-0.15, -0.1) is 0 Å². The summed E-state index contributed by atoms with van der Waals surface area (Å²) in [6.45, 7) is 3.51. The van der Waals surface area contributed by atoms with Crippen molar-refractivity contribution in [2.75, 3.05) is 7.05 Å². The number of rotatable bonds is 5. The van der Waals surface area contributed by atoms with Gasteiger partial charge in [0, 0.05) is 5.92 Å². The zero-order valence-electron chi connectivity index (χ0n) is 14.0. The second kappa shape index (κ2) is 5.91. The summed E-state index contributed by atoms with van der Waals surface area (Å²) in [5.74, 6) is 4.07. The molecule has 1 aliphatic rings. The van der Waals surface area contributed by atoms with Crippen molar-refractivity contribution >= 4 is 10.9 Å². The van der Waals surface area contributed by atoms with Crippen LogP contribution in [0.15, 0.2) is 45.6 Å². The quantitative estimate of drug-likeness (QED) is 0.783. The van der Waals surface area contributed by atoms with Crippen molar-refractivity contribution in [3.8, 4) is 0 Å². The summed E-state index contributed by atoms with van der Waals surface area (Å²) in [4.78, 5) is 21.6. The number of para-hydroxylation sites is 1. The Bertz CT molecular complexity index is 928. The van der Waals surface area contributed by atoms with E-state index in [1.54, 1.807) is 6.07 Å². The van der Waals surface area contributed by atoms with Crippen LogP contribution >= 0.6 is 0 Å². The van der Waals surface area contributed by atoms with Crippen molar-refractivity contribution in [2.45, 2.75) is 32.4 Å². The first-order valence-electron chi connectivity index (χ1n) is 8.35. The summed E-state index contributed by atoms with van der Waals surface area (Å²) in [6, 6.07) is 11.5. The highest BCUT2D eigenvalue weighted by Crippen LogP contribution is 2.47. The van der Waals surface area contributed by atoms with Crippen molar-refractivity contribution in [1.82, 2.24) is 14.9 Å². The molecule has 3 aromatic rings. The molecule has 0 unspecified atom stereocenters. The number of nitrogens with one attached hydrogen (secondary N) is 1. The van der Waals surface area contributed by atoms with Crippen LogP contribution in [-0.4, -0.2) is 21.9 Å². The maximum Gasteiger partial charge on any atom is 0.258 e. The monoisotopic (exact) mass is 323 g/mol. The summed E-state index contributed by atoms with van der Waals surface area (Å²) in [5, 5.41) is 0.623. The third-order valence-electron chi connectivity index (χ3n) is 4.66. The number of H-pyrrole nitrogens is 1. The molecule has 2 aromatic heterocycles. The minimum atomic E-state index is -0.0907. The molecule has 0 bridgehead atoms. The van der Waals surface area contributed by atoms with Crippen LogP contribution in [0, 0.1) is 5.92 Å². The normalized spacial score (nSPS) is 20.0. The van der Waals surface area contributed by atoms with Crippen molar-refractivity contribution in [3.05, 3.63) is 64.1 Å². The molecule has 1 aliphatic carbocycles. The van der Waals surface area contributed by atoms with Gasteiger partial charge in [-0.05, 0) is 43.7 Å². The zero-order valence-corrected chi connectivity index (χ0v) is 14.0. The van der Waals surface area contributed by atoms with Gasteiger partial charge < -0.3 is 9.40 Å². The van der Waals surface area contributed by atoms with E-state index in [-0.39, 0.29) is 5.56 Å². The van der Waals surface area contributed by atoms with Crippen molar-refractivity contribution in [2.24, 2.45) is 5.92 Å². The Labute approximate surface area is 140 Å². The molecule has 0 radical (unpaired) electrons. The standard InChI is InChI=1S/C19H21N3O2/c1-12-9-15(12)17-8-7-13(24-17)10-22(2)11-18-20-16-6-4-3-5-14(16)19(23)21-18/h3-8,12,15H,9-11H2,1-2H3,(H,20,21,23)/t12-,15+/m1/s1. The van der Waals surface area contributed by atoms with E-state index in [4.69, 9.17) is 4.42 Å². The Morgan fingerprint density at radius 1 is 1.25 bits per heavy atom. The fraction of sp³-hybridized carbons (Fsp3) is 0.368. The fourth-order valence-corrected chi connectivity index (χ4v) is 3.18. The highest BCUT2D eigenvalue weighted by atomic mass is 16.3. The van der Waals surface area contributed by atoms with Crippen LogP contribution in [0.25, 0.3) is 10.9 Å². The lowest BCUT2D eigenvalue weighted by atomic mass is 10.2. The first-order valence-corrected chi connectivity index (χ1v) is 8.35.